The highest BCUT2D eigenvalue weighted by atomic mass is 16.3. The summed E-state index contributed by atoms with van der Waals surface area (Å²) in [7, 11) is 0. The van der Waals surface area contributed by atoms with Crippen molar-refractivity contribution in [2.24, 2.45) is 0 Å². The van der Waals surface area contributed by atoms with E-state index >= 15 is 0 Å². The minimum atomic E-state index is 0.269. The number of nitrogens with one attached hydrogen (secondary N) is 1. The van der Waals surface area contributed by atoms with Gasteiger partial charge < -0.3 is 10.4 Å². The summed E-state index contributed by atoms with van der Waals surface area (Å²) in [6.45, 7) is 5.91. The second kappa shape index (κ2) is 4.81. The van der Waals surface area contributed by atoms with Crippen molar-refractivity contribution in [3.05, 3.63) is 0 Å². The Labute approximate surface area is 92.8 Å². The number of aliphatic hydroxyl groups excluding tert-OH is 1. The zero-order valence-electron chi connectivity index (χ0n) is 9.95. The molecule has 2 rings (SSSR count). The molecule has 1 saturated carbocycles. The highest BCUT2D eigenvalue weighted by Gasteiger charge is 2.38. The molecule has 1 heterocycles. The van der Waals surface area contributed by atoms with E-state index in [0.29, 0.717) is 12.1 Å². The molecule has 2 aliphatic rings. The smallest absolute Gasteiger partial charge is 0.0584 e. The van der Waals surface area contributed by atoms with Crippen LogP contribution < -0.4 is 5.32 Å². The molecule has 0 aromatic rings. The minimum absolute atomic E-state index is 0.269. The minimum Gasteiger partial charge on any atom is -0.395 e. The molecule has 1 aliphatic carbocycles. The van der Waals surface area contributed by atoms with Crippen molar-refractivity contribution in [1.29, 1.82) is 0 Å². The summed E-state index contributed by atoms with van der Waals surface area (Å²) < 4.78 is 0. The summed E-state index contributed by atoms with van der Waals surface area (Å²) in [5.41, 5.74) is 0. The molecule has 2 N–H and O–H groups in total. The third-order valence-electron chi connectivity index (χ3n) is 3.82. The predicted octanol–water partition coefficient (Wildman–Crippen LogP) is 0.972. The Morgan fingerprint density at radius 1 is 1.47 bits per heavy atom. The van der Waals surface area contributed by atoms with Gasteiger partial charge in [0.25, 0.3) is 0 Å². The van der Waals surface area contributed by atoms with Crippen LogP contribution in [0.5, 0.6) is 0 Å². The van der Waals surface area contributed by atoms with Gasteiger partial charge in [-0.15, -0.1) is 0 Å². The van der Waals surface area contributed by atoms with E-state index in [1.54, 1.807) is 0 Å². The fourth-order valence-corrected chi connectivity index (χ4v) is 2.72. The summed E-state index contributed by atoms with van der Waals surface area (Å²) in [6.07, 6.45) is 5.06. The van der Waals surface area contributed by atoms with Crippen LogP contribution in [0, 0.1) is 0 Å². The second-order valence-corrected chi connectivity index (χ2v) is 5.16. The van der Waals surface area contributed by atoms with E-state index in [0.717, 1.165) is 18.5 Å². The molecule has 88 valence electrons. The number of aliphatic hydroxyl groups is 1. The van der Waals surface area contributed by atoms with Crippen molar-refractivity contribution in [2.45, 2.75) is 63.7 Å². The van der Waals surface area contributed by atoms with Gasteiger partial charge in [0.15, 0.2) is 0 Å². The number of hydrogen-bond donors (Lipinski definition) is 2. The fourth-order valence-electron chi connectivity index (χ4n) is 2.72. The van der Waals surface area contributed by atoms with Crippen LogP contribution in [0.3, 0.4) is 0 Å². The fraction of sp³-hybridized carbons (Fsp3) is 1.00. The van der Waals surface area contributed by atoms with E-state index in [9.17, 15) is 0 Å². The predicted molar refractivity (Wildman–Crippen MR) is 61.9 cm³/mol. The van der Waals surface area contributed by atoms with Crippen LogP contribution in [-0.4, -0.2) is 47.3 Å². The quantitative estimate of drug-likeness (QED) is 0.713. The van der Waals surface area contributed by atoms with Gasteiger partial charge in [0.05, 0.1) is 6.61 Å². The lowest BCUT2D eigenvalue weighted by Gasteiger charge is -2.21. The van der Waals surface area contributed by atoms with Gasteiger partial charge in [-0.3, -0.25) is 4.90 Å². The SMILES string of the molecule is CCC(CO)NC1CC(C)N(C2CC2)C1. The number of rotatable bonds is 5. The van der Waals surface area contributed by atoms with Gasteiger partial charge in [0.2, 0.25) is 0 Å². The topological polar surface area (TPSA) is 35.5 Å². The van der Waals surface area contributed by atoms with Crippen LogP contribution >= 0.6 is 0 Å². The van der Waals surface area contributed by atoms with E-state index in [1.165, 1.54) is 25.8 Å². The van der Waals surface area contributed by atoms with Gasteiger partial charge in [-0.25, -0.2) is 0 Å². The van der Waals surface area contributed by atoms with Crippen LogP contribution in [0.1, 0.15) is 39.5 Å². The van der Waals surface area contributed by atoms with Crippen LogP contribution in [0.15, 0.2) is 0 Å². The summed E-state index contributed by atoms with van der Waals surface area (Å²) in [6, 6.07) is 2.49. The van der Waals surface area contributed by atoms with Crippen molar-refractivity contribution < 1.29 is 5.11 Å². The first kappa shape index (κ1) is 11.4. The van der Waals surface area contributed by atoms with Crippen LogP contribution in [0.4, 0.5) is 0 Å². The van der Waals surface area contributed by atoms with Gasteiger partial charge in [-0.1, -0.05) is 6.92 Å². The van der Waals surface area contributed by atoms with Crippen molar-refractivity contribution in [1.82, 2.24) is 10.2 Å². The Kier molecular flexibility index (Phi) is 3.65. The summed E-state index contributed by atoms with van der Waals surface area (Å²) in [5, 5.41) is 12.7. The molecule has 2 fully saturated rings. The van der Waals surface area contributed by atoms with Gasteiger partial charge in [-0.05, 0) is 32.6 Å². The first-order valence-corrected chi connectivity index (χ1v) is 6.37. The lowest BCUT2D eigenvalue weighted by atomic mass is 10.1. The summed E-state index contributed by atoms with van der Waals surface area (Å²) >= 11 is 0. The Balaban J connectivity index is 1.80. The molecule has 0 amide bonds. The first-order valence-electron chi connectivity index (χ1n) is 6.37. The highest BCUT2D eigenvalue weighted by molar-refractivity contribution is 4.96. The molecule has 1 aliphatic heterocycles. The largest absolute Gasteiger partial charge is 0.395 e. The molecule has 0 spiro atoms. The Hall–Kier alpha value is -0.120. The van der Waals surface area contributed by atoms with Gasteiger partial charge in [-0.2, -0.15) is 0 Å². The monoisotopic (exact) mass is 212 g/mol. The molecule has 0 radical (unpaired) electrons. The van der Waals surface area contributed by atoms with Crippen LogP contribution in [0.25, 0.3) is 0 Å². The van der Waals surface area contributed by atoms with Gasteiger partial charge >= 0.3 is 0 Å². The number of likely N-dealkylation sites (tertiary alicyclic amines) is 1. The lowest BCUT2D eigenvalue weighted by Crippen LogP contribution is -2.41. The zero-order valence-corrected chi connectivity index (χ0v) is 9.95. The average molecular weight is 212 g/mol. The molecule has 15 heavy (non-hydrogen) atoms. The molecule has 0 bridgehead atoms. The van der Waals surface area contributed by atoms with E-state index in [1.807, 2.05) is 0 Å². The van der Waals surface area contributed by atoms with E-state index in [-0.39, 0.29) is 6.61 Å². The normalized spacial score (nSPS) is 34.6. The van der Waals surface area contributed by atoms with Gasteiger partial charge in [0, 0.05) is 30.7 Å². The Bertz CT molecular complexity index is 200. The molecular formula is C12H24N2O. The van der Waals surface area contributed by atoms with Crippen LogP contribution in [0.2, 0.25) is 0 Å². The van der Waals surface area contributed by atoms with Gasteiger partial charge in [0.1, 0.15) is 0 Å². The third-order valence-corrected chi connectivity index (χ3v) is 3.82. The van der Waals surface area contributed by atoms with Crippen molar-refractivity contribution in [3.63, 3.8) is 0 Å². The van der Waals surface area contributed by atoms with Crippen molar-refractivity contribution in [2.75, 3.05) is 13.2 Å². The number of nitrogens with zero attached hydrogens (tertiary/aromatic N) is 1. The van der Waals surface area contributed by atoms with Crippen LogP contribution in [-0.2, 0) is 0 Å². The number of hydrogen-bond acceptors (Lipinski definition) is 3. The summed E-state index contributed by atoms with van der Waals surface area (Å²) in [5.74, 6) is 0. The molecule has 0 aromatic heterocycles. The maximum Gasteiger partial charge on any atom is 0.0584 e. The lowest BCUT2D eigenvalue weighted by molar-refractivity contribution is 0.222. The van der Waals surface area contributed by atoms with E-state index in [4.69, 9.17) is 5.11 Å². The van der Waals surface area contributed by atoms with Crippen molar-refractivity contribution in [3.8, 4) is 0 Å². The standard InChI is InChI=1S/C12H24N2O/c1-3-10(8-15)13-11-6-9(2)14(7-11)12-4-5-12/h9-13,15H,3-8H2,1-2H3. The zero-order chi connectivity index (χ0) is 10.8. The molecule has 3 heteroatoms. The average Bonchev–Trinajstić information content (AvgIpc) is 3.00. The van der Waals surface area contributed by atoms with E-state index in [2.05, 4.69) is 24.1 Å². The Morgan fingerprint density at radius 2 is 2.20 bits per heavy atom. The van der Waals surface area contributed by atoms with E-state index < -0.39 is 0 Å². The highest BCUT2D eigenvalue weighted by Crippen LogP contribution is 2.33. The third kappa shape index (κ3) is 2.71. The Morgan fingerprint density at radius 3 is 2.73 bits per heavy atom. The first-order chi connectivity index (χ1) is 7.24. The molecular weight excluding hydrogens is 188 g/mol. The molecule has 0 aromatic carbocycles. The maximum absolute atomic E-state index is 9.16. The molecule has 3 atom stereocenters. The molecule has 1 saturated heterocycles. The second-order valence-electron chi connectivity index (χ2n) is 5.16. The maximum atomic E-state index is 9.16. The summed E-state index contributed by atoms with van der Waals surface area (Å²) in [4.78, 5) is 2.64. The van der Waals surface area contributed by atoms with Crippen molar-refractivity contribution >= 4 is 0 Å². The molecule has 3 unspecified atom stereocenters. The molecule has 3 nitrogen and oxygen atoms in total.